The molecule has 0 aromatic heterocycles. The highest BCUT2D eigenvalue weighted by Gasteiger charge is 2.20. The minimum absolute atomic E-state index is 0.0937. The first-order valence-electron chi connectivity index (χ1n) is 7.52. The van der Waals surface area contributed by atoms with Crippen LogP contribution in [0.5, 0.6) is 5.75 Å². The molecule has 0 aliphatic heterocycles. The zero-order valence-corrected chi connectivity index (χ0v) is 14.3. The third kappa shape index (κ3) is 5.69. The molecule has 2 rings (SSSR count). The van der Waals surface area contributed by atoms with Gasteiger partial charge < -0.3 is 19.9 Å². The van der Waals surface area contributed by atoms with Crippen LogP contribution in [0.4, 0.5) is 4.79 Å². The maximum atomic E-state index is 12.0. The minimum atomic E-state index is -1.05. The number of carbonyl (C=O) groups is 2. The van der Waals surface area contributed by atoms with Crippen molar-refractivity contribution in [2.75, 3.05) is 7.11 Å². The normalized spacial score (nSPS) is 11.4. The van der Waals surface area contributed by atoms with Gasteiger partial charge in [-0.2, -0.15) is 0 Å². The third-order valence-corrected chi connectivity index (χ3v) is 3.77. The number of nitrogens with one attached hydrogen (secondary N) is 1. The van der Waals surface area contributed by atoms with Crippen molar-refractivity contribution >= 4 is 23.7 Å². The van der Waals surface area contributed by atoms with E-state index in [9.17, 15) is 9.59 Å². The molecule has 1 amide bonds. The van der Waals surface area contributed by atoms with Crippen LogP contribution in [0.3, 0.4) is 0 Å². The van der Waals surface area contributed by atoms with E-state index in [1.165, 1.54) is 7.11 Å². The number of alkyl carbamates (subject to hydrolysis) is 1. The van der Waals surface area contributed by atoms with E-state index < -0.39 is 18.1 Å². The van der Waals surface area contributed by atoms with E-state index in [1.54, 1.807) is 18.2 Å². The molecule has 0 aliphatic rings. The Bertz CT molecular complexity index is 736. The molecule has 0 fully saturated rings. The number of aliphatic carboxylic acids is 1. The molecule has 0 unspecified atom stereocenters. The number of halogens is 1. The molecular weight excluding hydrogens is 346 g/mol. The molecule has 0 saturated heterocycles. The molecule has 1 atom stereocenters. The largest absolute Gasteiger partial charge is 0.495 e. The Morgan fingerprint density at radius 2 is 1.92 bits per heavy atom. The van der Waals surface area contributed by atoms with E-state index in [0.29, 0.717) is 16.3 Å². The first kappa shape index (κ1) is 18.6. The lowest BCUT2D eigenvalue weighted by Crippen LogP contribution is -2.30. The van der Waals surface area contributed by atoms with E-state index in [2.05, 4.69) is 5.32 Å². The summed E-state index contributed by atoms with van der Waals surface area (Å²) in [5.41, 5.74) is 1.39. The zero-order valence-electron chi connectivity index (χ0n) is 13.6. The lowest BCUT2D eigenvalue weighted by molar-refractivity contribution is -0.137. The number of carboxylic acids is 1. The molecule has 0 bridgehead atoms. The quantitative estimate of drug-likeness (QED) is 0.781. The summed E-state index contributed by atoms with van der Waals surface area (Å²) < 4.78 is 10.3. The Morgan fingerprint density at radius 3 is 2.56 bits per heavy atom. The van der Waals surface area contributed by atoms with Crippen molar-refractivity contribution in [2.24, 2.45) is 0 Å². The Labute approximate surface area is 150 Å². The van der Waals surface area contributed by atoms with Gasteiger partial charge in [0.1, 0.15) is 12.4 Å². The van der Waals surface area contributed by atoms with E-state index in [1.807, 2.05) is 30.3 Å². The molecule has 2 aromatic carbocycles. The summed E-state index contributed by atoms with van der Waals surface area (Å²) in [4.78, 5) is 23.1. The number of hydrogen-bond acceptors (Lipinski definition) is 4. The van der Waals surface area contributed by atoms with Gasteiger partial charge >= 0.3 is 12.1 Å². The van der Waals surface area contributed by atoms with Crippen LogP contribution in [0.15, 0.2) is 48.5 Å². The van der Waals surface area contributed by atoms with Crippen molar-refractivity contribution in [3.8, 4) is 5.75 Å². The van der Waals surface area contributed by atoms with Crippen LogP contribution in [0.2, 0.25) is 5.02 Å². The van der Waals surface area contributed by atoms with Gasteiger partial charge in [0.05, 0.1) is 24.6 Å². The third-order valence-electron chi connectivity index (χ3n) is 3.46. The van der Waals surface area contributed by atoms with Crippen molar-refractivity contribution in [3.05, 3.63) is 64.7 Å². The lowest BCUT2D eigenvalue weighted by Gasteiger charge is -2.18. The molecule has 2 N–H and O–H groups in total. The van der Waals surface area contributed by atoms with Gasteiger partial charge in [0.25, 0.3) is 0 Å². The van der Waals surface area contributed by atoms with Crippen molar-refractivity contribution < 1.29 is 24.2 Å². The van der Waals surface area contributed by atoms with Crippen molar-refractivity contribution in [2.45, 2.75) is 19.1 Å². The summed E-state index contributed by atoms with van der Waals surface area (Å²) in [7, 11) is 1.46. The monoisotopic (exact) mass is 363 g/mol. The number of rotatable bonds is 7. The number of benzene rings is 2. The van der Waals surface area contributed by atoms with Gasteiger partial charge in [0.2, 0.25) is 0 Å². The van der Waals surface area contributed by atoms with Crippen molar-refractivity contribution in [1.29, 1.82) is 0 Å². The second-order valence-corrected chi connectivity index (χ2v) is 5.66. The Kier molecular flexibility index (Phi) is 6.65. The lowest BCUT2D eigenvalue weighted by atomic mass is 10.0. The van der Waals surface area contributed by atoms with Crippen molar-refractivity contribution in [1.82, 2.24) is 5.32 Å². The van der Waals surface area contributed by atoms with Gasteiger partial charge in [0, 0.05) is 0 Å². The fourth-order valence-corrected chi connectivity index (χ4v) is 2.42. The topological polar surface area (TPSA) is 84.9 Å². The highest BCUT2D eigenvalue weighted by atomic mass is 35.5. The highest BCUT2D eigenvalue weighted by molar-refractivity contribution is 6.32. The molecule has 2 aromatic rings. The summed E-state index contributed by atoms with van der Waals surface area (Å²) >= 11 is 5.98. The Balaban J connectivity index is 2.06. The number of amides is 1. The summed E-state index contributed by atoms with van der Waals surface area (Å²) in [5, 5.41) is 12.1. The van der Waals surface area contributed by atoms with E-state index in [0.717, 1.165) is 5.56 Å². The number of hydrogen-bond donors (Lipinski definition) is 2. The van der Waals surface area contributed by atoms with Crippen LogP contribution in [-0.4, -0.2) is 24.3 Å². The molecule has 6 nitrogen and oxygen atoms in total. The van der Waals surface area contributed by atoms with Crippen LogP contribution >= 0.6 is 11.6 Å². The first-order chi connectivity index (χ1) is 12.0. The molecule has 25 heavy (non-hydrogen) atoms. The Hall–Kier alpha value is -2.73. The smallest absolute Gasteiger partial charge is 0.407 e. The van der Waals surface area contributed by atoms with Gasteiger partial charge in [-0.25, -0.2) is 4.79 Å². The van der Waals surface area contributed by atoms with Gasteiger partial charge in [0.15, 0.2) is 0 Å². The SMILES string of the molecule is COc1cc([C@@H](CC(=O)O)NC(=O)OCc2ccccc2)ccc1Cl. The fraction of sp³-hybridized carbons (Fsp3) is 0.222. The fourth-order valence-electron chi connectivity index (χ4n) is 2.23. The average Bonchev–Trinajstić information content (AvgIpc) is 2.60. The molecule has 132 valence electrons. The van der Waals surface area contributed by atoms with Crippen LogP contribution < -0.4 is 10.1 Å². The molecule has 0 radical (unpaired) electrons. The molecule has 0 spiro atoms. The number of carboxylic acid groups (broad SMARTS) is 1. The zero-order chi connectivity index (χ0) is 18.2. The number of carbonyl (C=O) groups excluding carboxylic acids is 1. The first-order valence-corrected chi connectivity index (χ1v) is 7.90. The van der Waals surface area contributed by atoms with Crippen LogP contribution in [0.1, 0.15) is 23.6 Å². The summed E-state index contributed by atoms with van der Waals surface area (Å²) in [6.45, 7) is 0.0937. The predicted octanol–water partition coefficient (Wildman–Crippen LogP) is 3.79. The predicted molar refractivity (Wildman–Crippen MR) is 92.8 cm³/mol. The molecule has 0 saturated carbocycles. The second kappa shape index (κ2) is 8.94. The van der Waals surface area contributed by atoms with E-state index >= 15 is 0 Å². The van der Waals surface area contributed by atoms with E-state index in [-0.39, 0.29) is 13.0 Å². The minimum Gasteiger partial charge on any atom is -0.495 e. The summed E-state index contributed by atoms with van der Waals surface area (Å²) in [5.74, 6) is -0.656. The molecule has 7 heteroatoms. The number of methoxy groups -OCH3 is 1. The maximum Gasteiger partial charge on any atom is 0.407 e. The van der Waals surface area contributed by atoms with Crippen molar-refractivity contribution in [3.63, 3.8) is 0 Å². The van der Waals surface area contributed by atoms with Gasteiger partial charge in [-0.1, -0.05) is 48.0 Å². The van der Waals surface area contributed by atoms with Crippen LogP contribution in [0.25, 0.3) is 0 Å². The second-order valence-electron chi connectivity index (χ2n) is 5.25. The standard InChI is InChI=1S/C18H18ClNO5/c1-24-16-9-13(7-8-14(16)19)15(10-17(21)22)20-18(23)25-11-12-5-3-2-4-6-12/h2-9,15H,10-11H2,1H3,(H,20,23)(H,21,22)/t15-/m1/s1. The summed E-state index contributed by atoms with van der Waals surface area (Å²) in [6.07, 6.45) is -1.00. The average molecular weight is 364 g/mol. The molecule has 0 aliphatic carbocycles. The van der Waals surface area contributed by atoms with E-state index in [4.69, 9.17) is 26.2 Å². The Morgan fingerprint density at radius 1 is 1.20 bits per heavy atom. The molecule has 0 heterocycles. The van der Waals surface area contributed by atoms with Crippen LogP contribution in [0, 0.1) is 0 Å². The molecular formula is C18H18ClNO5. The maximum absolute atomic E-state index is 12.0. The van der Waals surface area contributed by atoms with Gasteiger partial charge in [-0.15, -0.1) is 0 Å². The highest BCUT2D eigenvalue weighted by Crippen LogP contribution is 2.29. The van der Waals surface area contributed by atoms with Gasteiger partial charge in [-0.3, -0.25) is 4.79 Å². The summed E-state index contributed by atoms with van der Waals surface area (Å²) in [6, 6.07) is 13.2. The van der Waals surface area contributed by atoms with Crippen LogP contribution in [-0.2, 0) is 16.1 Å². The number of ether oxygens (including phenoxy) is 2. The van der Waals surface area contributed by atoms with Gasteiger partial charge in [-0.05, 0) is 23.3 Å².